The molecule has 29 heavy (non-hydrogen) atoms. The maximum atomic E-state index is 13.4. The monoisotopic (exact) mass is 417 g/mol. The molecule has 4 rings (SSSR count). The number of aromatic nitrogens is 5. The lowest BCUT2D eigenvalue weighted by Gasteiger charge is -2.16. The number of halogens is 1. The number of aryl methyl sites for hydroxylation is 1. The molecule has 0 N–H and O–H groups in total. The molecular weight excluding hydrogens is 397 g/mol. The zero-order valence-corrected chi connectivity index (χ0v) is 16.9. The summed E-state index contributed by atoms with van der Waals surface area (Å²) >= 11 is 0. The van der Waals surface area contributed by atoms with E-state index < -0.39 is 15.7 Å². The van der Waals surface area contributed by atoms with E-state index in [0.29, 0.717) is 17.5 Å². The summed E-state index contributed by atoms with van der Waals surface area (Å²) in [4.78, 5) is 14.0. The molecule has 0 spiro atoms. The predicted molar refractivity (Wildman–Crippen MR) is 104 cm³/mol. The van der Waals surface area contributed by atoms with E-state index in [9.17, 15) is 17.6 Å². The molecule has 0 radical (unpaired) electrons. The van der Waals surface area contributed by atoms with Crippen molar-refractivity contribution in [3.63, 3.8) is 0 Å². The highest BCUT2D eigenvalue weighted by molar-refractivity contribution is 7.91. The number of sulfone groups is 1. The lowest BCUT2D eigenvalue weighted by atomic mass is 10.1. The molecule has 1 aromatic carbocycles. The summed E-state index contributed by atoms with van der Waals surface area (Å²) < 4.78 is 39.0. The van der Waals surface area contributed by atoms with Gasteiger partial charge in [-0.15, -0.1) is 10.2 Å². The Hall–Kier alpha value is -2.88. The van der Waals surface area contributed by atoms with Crippen molar-refractivity contribution in [2.24, 2.45) is 0 Å². The average molecular weight is 417 g/mol. The fraction of sp³-hybridized carbons (Fsp3) is 0.368. The molecule has 0 saturated carbocycles. The maximum absolute atomic E-state index is 13.4. The van der Waals surface area contributed by atoms with Crippen LogP contribution in [0.4, 0.5) is 4.39 Å². The molecule has 0 bridgehead atoms. The number of Topliss-reactive ketones (excluding diaryl/α,β-unsaturated/α-hetero) is 1. The first-order valence-electron chi connectivity index (χ1n) is 9.19. The number of tetrazole rings is 1. The minimum atomic E-state index is -3.03. The van der Waals surface area contributed by atoms with E-state index >= 15 is 0 Å². The van der Waals surface area contributed by atoms with Gasteiger partial charge in [-0.25, -0.2) is 12.8 Å². The summed E-state index contributed by atoms with van der Waals surface area (Å²) in [6, 6.07) is 7.46. The Kier molecular flexibility index (Phi) is 4.81. The van der Waals surface area contributed by atoms with E-state index in [1.54, 1.807) is 18.2 Å². The van der Waals surface area contributed by atoms with Gasteiger partial charge in [0.25, 0.3) is 0 Å². The quantitative estimate of drug-likeness (QED) is 0.590. The summed E-state index contributed by atoms with van der Waals surface area (Å²) in [6.07, 6.45) is 0.550. The summed E-state index contributed by atoms with van der Waals surface area (Å²) in [6.45, 7) is 3.57. The van der Waals surface area contributed by atoms with Gasteiger partial charge in [-0.1, -0.05) is 12.1 Å². The van der Waals surface area contributed by atoms with E-state index in [4.69, 9.17) is 0 Å². The zero-order chi connectivity index (χ0) is 20.8. The Morgan fingerprint density at radius 3 is 2.76 bits per heavy atom. The van der Waals surface area contributed by atoms with Gasteiger partial charge in [0.05, 0.1) is 11.5 Å². The molecule has 0 amide bonds. The van der Waals surface area contributed by atoms with Crippen molar-refractivity contribution in [2.45, 2.75) is 32.9 Å². The molecule has 1 unspecified atom stereocenters. The Labute approximate surface area is 167 Å². The Bertz CT molecular complexity index is 1200. The number of rotatable bonds is 5. The minimum Gasteiger partial charge on any atom is -0.344 e. The normalized spacial score (nSPS) is 18.2. The third kappa shape index (κ3) is 3.84. The first-order chi connectivity index (χ1) is 13.7. The third-order valence-electron chi connectivity index (χ3n) is 5.18. The van der Waals surface area contributed by atoms with Gasteiger partial charge in [-0.05, 0) is 43.7 Å². The second kappa shape index (κ2) is 7.18. The summed E-state index contributed by atoms with van der Waals surface area (Å²) in [5.74, 6) is -0.105. The number of nitrogens with zero attached hydrogens (tertiary/aromatic N) is 5. The first-order valence-corrected chi connectivity index (χ1v) is 11.0. The van der Waals surface area contributed by atoms with Crippen LogP contribution in [0, 0.1) is 19.7 Å². The first kappa shape index (κ1) is 19.4. The van der Waals surface area contributed by atoms with Crippen LogP contribution in [-0.4, -0.2) is 50.5 Å². The molecule has 0 aliphatic carbocycles. The standard InChI is InChI=1S/C19H20FN5O3S/c1-12-8-17(13(2)25(12)16-6-7-29(27,28)11-16)18(26)10-24-22-19(21-23-24)14-4-3-5-15(20)9-14/h3-5,8-9,16H,6-7,10-11H2,1-2H3. The van der Waals surface area contributed by atoms with E-state index in [1.807, 2.05) is 18.4 Å². The molecule has 8 nitrogen and oxygen atoms in total. The van der Waals surface area contributed by atoms with Gasteiger partial charge in [0.1, 0.15) is 12.4 Å². The van der Waals surface area contributed by atoms with Crippen molar-refractivity contribution in [3.05, 3.63) is 53.1 Å². The number of carbonyl (C=O) groups is 1. The molecule has 1 atom stereocenters. The maximum Gasteiger partial charge on any atom is 0.205 e. The highest BCUT2D eigenvalue weighted by atomic mass is 32.2. The average Bonchev–Trinajstić information content (AvgIpc) is 3.33. The van der Waals surface area contributed by atoms with Gasteiger partial charge < -0.3 is 4.57 Å². The highest BCUT2D eigenvalue weighted by Crippen LogP contribution is 2.29. The van der Waals surface area contributed by atoms with Crippen LogP contribution < -0.4 is 0 Å². The van der Waals surface area contributed by atoms with Crippen LogP contribution in [0.15, 0.2) is 30.3 Å². The molecule has 1 saturated heterocycles. The van der Waals surface area contributed by atoms with Gasteiger partial charge in [0.15, 0.2) is 15.6 Å². The van der Waals surface area contributed by atoms with Crippen molar-refractivity contribution < 1.29 is 17.6 Å². The van der Waals surface area contributed by atoms with Crippen LogP contribution in [0.3, 0.4) is 0 Å². The third-order valence-corrected chi connectivity index (χ3v) is 6.93. The molecular formula is C19H20FN5O3S. The Morgan fingerprint density at radius 2 is 2.07 bits per heavy atom. The SMILES string of the molecule is Cc1cc(C(=O)Cn2nnc(-c3cccc(F)c3)n2)c(C)n1C1CCS(=O)(=O)C1. The van der Waals surface area contributed by atoms with Crippen molar-refractivity contribution in [1.82, 2.24) is 24.8 Å². The summed E-state index contributed by atoms with van der Waals surface area (Å²) in [5, 5.41) is 11.9. The van der Waals surface area contributed by atoms with Gasteiger partial charge in [0.2, 0.25) is 5.82 Å². The number of hydrogen-bond acceptors (Lipinski definition) is 6. The molecule has 1 fully saturated rings. The van der Waals surface area contributed by atoms with Gasteiger partial charge in [-0.3, -0.25) is 4.79 Å². The fourth-order valence-corrected chi connectivity index (χ4v) is 5.57. The zero-order valence-electron chi connectivity index (χ0n) is 16.0. The fourth-order valence-electron chi connectivity index (χ4n) is 3.87. The van der Waals surface area contributed by atoms with E-state index in [0.717, 1.165) is 11.4 Å². The number of carbonyl (C=O) groups excluding carboxylic acids is 1. The van der Waals surface area contributed by atoms with Crippen molar-refractivity contribution in [1.29, 1.82) is 0 Å². The van der Waals surface area contributed by atoms with Gasteiger partial charge >= 0.3 is 0 Å². The van der Waals surface area contributed by atoms with Crippen LogP contribution >= 0.6 is 0 Å². The smallest absolute Gasteiger partial charge is 0.205 e. The van der Waals surface area contributed by atoms with Crippen LogP contribution in [0.1, 0.15) is 34.2 Å². The second-order valence-electron chi connectivity index (χ2n) is 7.29. The molecule has 3 aromatic rings. The molecule has 152 valence electrons. The summed E-state index contributed by atoms with van der Waals surface area (Å²) in [5.41, 5.74) is 2.57. The topological polar surface area (TPSA) is 99.7 Å². The van der Waals surface area contributed by atoms with Crippen molar-refractivity contribution in [2.75, 3.05) is 11.5 Å². The van der Waals surface area contributed by atoms with Crippen LogP contribution in [-0.2, 0) is 16.4 Å². The van der Waals surface area contributed by atoms with E-state index in [2.05, 4.69) is 15.4 Å². The van der Waals surface area contributed by atoms with E-state index in [1.165, 1.54) is 16.9 Å². The van der Waals surface area contributed by atoms with Crippen molar-refractivity contribution >= 4 is 15.6 Å². The number of hydrogen-bond donors (Lipinski definition) is 0. The molecule has 10 heteroatoms. The van der Waals surface area contributed by atoms with Crippen LogP contribution in [0.25, 0.3) is 11.4 Å². The molecule has 2 aromatic heterocycles. The largest absolute Gasteiger partial charge is 0.344 e. The Balaban J connectivity index is 1.55. The van der Waals surface area contributed by atoms with Gasteiger partial charge in [0, 0.05) is 28.6 Å². The predicted octanol–water partition coefficient (Wildman–Crippen LogP) is 2.14. The van der Waals surface area contributed by atoms with Gasteiger partial charge in [-0.2, -0.15) is 4.80 Å². The number of ketones is 1. The summed E-state index contributed by atoms with van der Waals surface area (Å²) in [7, 11) is -3.03. The lowest BCUT2D eigenvalue weighted by Crippen LogP contribution is -2.16. The van der Waals surface area contributed by atoms with Crippen LogP contribution in [0.5, 0.6) is 0 Å². The van der Waals surface area contributed by atoms with Crippen LogP contribution in [0.2, 0.25) is 0 Å². The highest BCUT2D eigenvalue weighted by Gasteiger charge is 2.31. The second-order valence-corrected chi connectivity index (χ2v) is 9.52. The van der Waals surface area contributed by atoms with Crippen molar-refractivity contribution in [3.8, 4) is 11.4 Å². The molecule has 3 heterocycles. The number of benzene rings is 1. The lowest BCUT2D eigenvalue weighted by molar-refractivity contribution is 0.0960. The molecule has 1 aliphatic heterocycles. The minimum absolute atomic E-state index is 0.0959. The van der Waals surface area contributed by atoms with E-state index in [-0.39, 0.29) is 35.7 Å². The Morgan fingerprint density at radius 1 is 1.28 bits per heavy atom. The molecule has 1 aliphatic rings.